The van der Waals surface area contributed by atoms with E-state index in [1.165, 1.54) is 0 Å². The number of aromatic hydroxyl groups is 1. The Hall–Kier alpha value is -2.35. The Labute approximate surface area is 147 Å². The van der Waals surface area contributed by atoms with E-state index in [4.69, 9.17) is 10.5 Å². The van der Waals surface area contributed by atoms with Gasteiger partial charge in [0.1, 0.15) is 5.75 Å². The van der Waals surface area contributed by atoms with Gasteiger partial charge in [-0.15, -0.1) is 0 Å². The molecule has 0 saturated heterocycles. The Morgan fingerprint density at radius 2 is 1.96 bits per heavy atom. The van der Waals surface area contributed by atoms with Crippen LogP contribution in [0, 0.1) is 0 Å². The third kappa shape index (κ3) is 3.43. The lowest BCUT2D eigenvalue weighted by Crippen LogP contribution is -2.06. The van der Waals surface area contributed by atoms with Gasteiger partial charge >= 0.3 is 6.01 Å². The summed E-state index contributed by atoms with van der Waals surface area (Å²) in [5, 5.41) is 9.40. The molecule has 2 aromatic heterocycles. The zero-order valence-electron chi connectivity index (χ0n) is 13.2. The number of nitrogen functional groups attached to an aromatic ring is 1. The summed E-state index contributed by atoms with van der Waals surface area (Å²) in [7, 11) is 0. The SMILES string of the molecule is CCCCOc1nc(N)c2nc(Br)n(Cc3ccc(O)cc3)c2n1. The summed E-state index contributed by atoms with van der Waals surface area (Å²) in [4.78, 5) is 13.0. The minimum Gasteiger partial charge on any atom is -0.508 e. The second-order valence-electron chi connectivity index (χ2n) is 5.40. The standard InChI is InChI=1S/C16H18BrN5O2/c1-2-3-8-24-16-20-13(18)12-14(21-16)22(15(17)19-12)9-10-4-6-11(23)7-5-10/h4-7,23H,2-3,8-9H2,1H3,(H2,18,20,21). The van der Waals surface area contributed by atoms with E-state index < -0.39 is 0 Å². The number of nitrogens with zero attached hydrogens (tertiary/aromatic N) is 4. The topological polar surface area (TPSA) is 99.1 Å². The van der Waals surface area contributed by atoms with E-state index in [0.717, 1.165) is 18.4 Å². The average molecular weight is 392 g/mol. The summed E-state index contributed by atoms with van der Waals surface area (Å²) < 4.78 is 8.06. The monoisotopic (exact) mass is 391 g/mol. The number of fused-ring (bicyclic) bond motifs is 1. The fraction of sp³-hybridized carbons (Fsp3) is 0.312. The van der Waals surface area contributed by atoms with Gasteiger partial charge in [0.05, 0.1) is 13.2 Å². The zero-order valence-corrected chi connectivity index (χ0v) is 14.8. The Balaban J connectivity index is 1.96. The fourth-order valence-corrected chi connectivity index (χ4v) is 2.74. The van der Waals surface area contributed by atoms with Crippen LogP contribution in [-0.2, 0) is 6.54 Å². The smallest absolute Gasteiger partial charge is 0.320 e. The second kappa shape index (κ2) is 7.04. The number of anilines is 1. The van der Waals surface area contributed by atoms with Crippen molar-refractivity contribution in [2.45, 2.75) is 26.3 Å². The highest BCUT2D eigenvalue weighted by Crippen LogP contribution is 2.25. The first-order valence-corrected chi connectivity index (χ1v) is 8.47. The minimum atomic E-state index is 0.228. The molecule has 0 aliphatic rings. The number of aromatic nitrogens is 4. The molecule has 3 rings (SSSR count). The molecule has 0 spiro atoms. The molecule has 2 heterocycles. The van der Waals surface area contributed by atoms with Gasteiger partial charge in [-0.1, -0.05) is 25.5 Å². The van der Waals surface area contributed by atoms with Crippen molar-refractivity contribution < 1.29 is 9.84 Å². The van der Waals surface area contributed by atoms with Crippen molar-refractivity contribution in [2.24, 2.45) is 0 Å². The predicted molar refractivity (Wildman–Crippen MR) is 95.0 cm³/mol. The molecule has 0 aliphatic carbocycles. The van der Waals surface area contributed by atoms with E-state index in [0.29, 0.717) is 29.0 Å². The number of imidazole rings is 1. The van der Waals surface area contributed by atoms with Gasteiger partial charge in [-0.2, -0.15) is 9.97 Å². The normalized spacial score (nSPS) is 11.1. The zero-order chi connectivity index (χ0) is 17.1. The maximum absolute atomic E-state index is 9.40. The molecule has 0 bridgehead atoms. The van der Waals surface area contributed by atoms with Crippen LogP contribution in [0.5, 0.6) is 11.8 Å². The molecule has 7 nitrogen and oxygen atoms in total. The highest BCUT2D eigenvalue weighted by atomic mass is 79.9. The minimum absolute atomic E-state index is 0.228. The maximum atomic E-state index is 9.40. The quantitative estimate of drug-likeness (QED) is 0.494. The first kappa shape index (κ1) is 16.5. The Bertz CT molecular complexity index is 848. The largest absolute Gasteiger partial charge is 0.508 e. The molecule has 126 valence electrons. The van der Waals surface area contributed by atoms with Crippen molar-refractivity contribution in [3.63, 3.8) is 0 Å². The average Bonchev–Trinajstić information content (AvgIpc) is 2.87. The molecular formula is C16H18BrN5O2. The molecule has 0 radical (unpaired) electrons. The maximum Gasteiger partial charge on any atom is 0.320 e. The highest BCUT2D eigenvalue weighted by molar-refractivity contribution is 9.10. The molecule has 1 aromatic carbocycles. The van der Waals surface area contributed by atoms with Crippen molar-refractivity contribution in [3.8, 4) is 11.8 Å². The van der Waals surface area contributed by atoms with Crippen LogP contribution in [0.1, 0.15) is 25.3 Å². The summed E-state index contributed by atoms with van der Waals surface area (Å²) in [6.45, 7) is 3.17. The van der Waals surface area contributed by atoms with Crippen molar-refractivity contribution in [1.29, 1.82) is 0 Å². The molecule has 3 N–H and O–H groups in total. The predicted octanol–water partition coefficient (Wildman–Crippen LogP) is 3.10. The van der Waals surface area contributed by atoms with Gasteiger partial charge in [-0.25, -0.2) is 4.98 Å². The van der Waals surface area contributed by atoms with E-state index in [9.17, 15) is 5.11 Å². The highest BCUT2D eigenvalue weighted by Gasteiger charge is 2.16. The van der Waals surface area contributed by atoms with Crippen molar-refractivity contribution >= 4 is 32.9 Å². The van der Waals surface area contributed by atoms with E-state index in [1.54, 1.807) is 12.1 Å². The Morgan fingerprint density at radius 3 is 2.67 bits per heavy atom. The van der Waals surface area contributed by atoms with E-state index >= 15 is 0 Å². The Kier molecular flexibility index (Phi) is 4.84. The number of halogens is 1. The molecule has 0 atom stereocenters. The number of benzene rings is 1. The number of phenolic OH excluding ortho intramolecular Hbond substituents is 1. The molecule has 0 aliphatic heterocycles. The molecule has 0 saturated carbocycles. The van der Waals surface area contributed by atoms with Crippen LogP contribution in [0.2, 0.25) is 0 Å². The fourth-order valence-electron chi connectivity index (χ4n) is 2.27. The number of hydrogen-bond acceptors (Lipinski definition) is 6. The summed E-state index contributed by atoms with van der Waals surface area (Å²) >= 11 is 3.44. The summed E-state index contributed by atoms with van der Waals surface area (Å²) in [5.74, 6) is 0.517. The van der Waals surface area contributed by atoms with Crippen LogP contribution < -0.4 is 10.5 Å². The van der Waals surface area contributed by atoms with Gasteiger partial charge in [0.15, 0.2) is 21.7 Å². The van der Waals surface area contributed by atoms with Crippen molar-refractivity contribution in [1.82, 2.24) is 19.5 Å². The van der Waals surface area contributed by atoms with Crippen molar-refractivity contribution in [3.05, 3.63) is 34.6 Å². The van der Waals surface area contributed by atoms with E-state index in [-0.39, 0.29) is 17.6 Å². The van der Waals surface area contributed by atoms with Crippen LogP contribution in [0.15, 0.2) is 29.0 Å². The summed E-state index contributed by atoms with van der Waals surface area (Å²) in [6, 6.07) is 7.23. The van der Waals surface area contributed by atoms with Crippen LogP contribution in [-0.4, -0.2) is 31.2 Å². The number of nitrogens with two attached hydrogens (primary N) is 1. The van der Waals surface area contributed by atoms with E-state index in [2.05, 4.69) is 37.8 Å². The number of hydrogen-bond donors (Lipinski definition) is 2. The number of phenols is 1. The number of unbranched alkanes of at least 4 members (excludes halogenated alkanes) is 1. The number of rotatable bonds is 6. The summed E-state index contributed by atoms with van der Waals surface area (Å²) in [5.41, 5.74) is 8.13. The molecule has 24 heavy (non-hydrogen) atoms. The third-order valence-corrected chi connectivity index (χ3v) is 4.17. The lowest BCUT2D eigenvalue weighted by molar-refractivity contribution is 0.286. The first-order chi connectivity index (χ1) is 11.6. The van der Waals surface area contributed by atoms with Crippen LogP contribution >= 0.6 is 15.9 Å². The molecule has 3 aromatic rings. The van der Waals surface area contributed by atoms with Gasteiger partial charge in [-0.3, -0.25) is 4.57 Å². The molecule has 0 fully saturated rings. The van der Waals surface area contributed by atoms with E-state index in [1.807, 2.05) is 16.7 Å². The van der Waals surface area contributed by atoms with Crippen molar-refractivity contribution in [2.75, 3.05) is 12.3 Å². The molecule has 0 amide bonds. The first-order valence-electron chi connectivity index (χ1n) is 7.68. The lowest BCUT2D eigenvalue weighted by atomic mass is 10.2. The summed E-state index contributed by atoms with van der Waals surface area (Å²) in [6.07, 6.45) is 1.96. The van der Waals surface area contributed by atoms with Gasteiger partial charge in [-0.05, 0) is 40.0 Å². The van der Waals surface area contributed by atoms with Gasteiger partial charge in [0, 0.05) is 0 Å². The van der Waals surface area contributed by atoms with Crippen LogP contribution in [0.25, 0.3) is 11.2 Å². The van der Waals surface area contributed by atoms with Crippen LogP contribution in [0.3, 0.4) is 0 Å². The van der Waals surface area contributed by atoms with Crippen LogP contribution in [0.4, 0.5) is 5.82 Å². The molecular weight excluding hydrogens is 374 g/mol. The second-order valence-corrected chi connectivity index (χ2v) is 6.11. The molecule has 0 unspecified atom stereocenters. The van der Waals surface area contributed by atoms with Gasteiger partial charge in [0.25, 0.3) is 0 Å². The third-order valence-electron chi connectivity index (χ3n) is 3.56. The van der Waals surface area contributed by atoms with Gasteiger partial charge < -0.3 is 15.6 Å². The van der Waals surface area contributed by atoms with Gasteiger partial charge in [0.2, 0.25) is 0 Å². The number of ether oxygens (including phenoxy) is 1. The molecule has 8 heteroatoms. The lowest BCUT2D eigenvalue weighted by Gasteiger charge is -2.08. The Morgan fingerprint density at radius 1 is 1.21 bits per heavy atom.